The summed E-state index contributed by atoms with van der Waals surface area (Å²) in [5.41, 5.74) is 0. The van der Waals surface area contributed by atoms with E-state index in [1.165, 1.54) is 19.4 Å². The van der Waals surface area contributed by atoms with E-state index in [0.29, 0.717) is 6.04 Å². The van der Waals surface area contributed by atoms with Gasteiger partial charge in [0.25, 0.3) is 0 Å². The zero-order valence-electron chi connectivity index (χ0n) is 7.27. The summed E-state index contributed by atoms with van der Waals surface area (Å²) >= 11 is 0. The Morgan fingerprint density at radius 2 is 2.17 bits per heavy atom. The molecule has 2 rings (SSSR count). The van der Waals surface area contributed by atoms with E-state index in [1.54, 1.807) is 0 Å². The Balaban J connectivity index is 2.19. The SMILES string of the molecule is CN1CCC[C@H]1c1ncccn1. The molecule has 1 aromatic heterocycles. The molecule has 0 radical (unpaired) electrons. The minimum atomic E-state index is 0.450. The smallest absolute Gasteiger partial charge is 0.145 e. The first-order valence-corrected chi connectivity index (χ1v) is 4.35. The fourth-order valence-corrected chi connectivity index (χ4v) is 1.72. The maximum Gasteiger partial charge on any atom is 0.145 e. The fraction of sp³-hybridized carbons (Fsp3) is 0.556. The van der Waals surface area contributed by atoms with Crippen LogP contribution < -0.4 is 0 Å². The second kappa shape index (κ2) is 3.19. The molecule has 0 aromatic carbocycles. The third-order valence-electron chi connectivity index (χ3n) is 2.40. The van der Waals surface area contributed by atoms with Gasteiger partial charge in [0.2, 0.25) is 0 Å². The third-order valence-corrected chi connectivity index (χ3v) is 2.40. The Bertz CT molecular complexity index is 247. The molecule has 0 saturated carbocycles. The quantitative estimate of drug-likeness (QED) is 0.623. The summed E-state index contributed by atoms with van der Waals surface area (Å²) in [5.74, 6) is 0.970. The summed E-state index contributed by atoms with van der Waals surface area (Å²) in [6.45, 7) is 1.17. The molecule has 0 unspecified atom stereocenters. The Hall–Kier alpha value is -0.960. The highest BCUT2D eigenvalue weighted by Gasteiger charge is 2.24. The van der Waals surface area contributed by atoms with Crippen LogP contribution >= 0.6 is 0 Å². The molecule has 1 saturated heterocycles. The van der Waals surface area contributed by atoms with Crippen molar-refractivity contribution in [3.63, 3.8) is 0 Å². The molecular formula is C9H13N3. The monoisotopic (exact) mass is 163 g/mol. The number of nitrogens with zero attached hydrogens (tertiary/aromatic N) is 3. The molecule has 1 fully saturated rings. The van der Waals surface area contributed by atoms with Crippen molar-refractivity contribution in [2.45, 2.75) is 18.9 Å². The van der Waals surface area contributed by atoms with Crippen LogP contribution in [0.4, 0.5) is 0 Å². The first kappa shape index (κ1) is 7.68. The van der Waals surface area contributed by atoms with Gasteiger partial charge in [-0.25, -0.2) is 9.97 Å². The number of likely N-dealkylation sites (tertiary alicyclic amines) is 1. The van der Waals surface area contributed by atoms with Crippen molar-refractivity contribution in [3.05, 3.63) is 24.3 Å². The molecule has 1 atom stereocenters. The first-order chi connectivity index (χ1) is 5.88. The minimum Gasteiger partial charge on any atom is -0.296 e. The highest BCUT2D eigenvalue weighted by Crippen LogP contribution is 2.26. The molecule has 0 bridgehead atoms. The van der Waals surface area contributed by atoms with Crippen LogP contribution in [0.1, 0.15) is 24.7 Å². The lowest BCUT2D eigenvalue weighted by Gasteiger charge is -2.16. The Morgan fingerprint density at radius 1 is 1.42 bits per heavy atom. The van der Waals surface area contributed by atoms with Crippen LogP contribution in [-0.4, -0.2) is 28.5 Å². The lowest BCUT2D eigenvalue weighted by atomic mass is 10.2. The lowest BCUT2D eigenvalue weighted by molar-refractivity contribution is 0.305. The largest absolute Gasteiger partial charge is 0.296 e. The molecular weight excluding hydrogens is 150 g/mol. The van der Waals surface area contributed by atoms with E-state index in [9.17, 15) is 0 Å². The Kier molecular flexibility index (Phi) is 2.04. The van der Waals surface area contributed by atoms with E-state index in [0.717, 1.165) is 5.82 Å². The van der Waals surface area contributed by atoms with Gasteiger partial charge >= 0.3 is 0 Å². The van der Waals surface area contributed by atoms with Gasteiger partial charge in [0.1, 0.15) is 5.82 Å². The summed E-state index contributed by atoms with van der Waals surface area (Å²) in [6, 6.07) is 2.31. The summed E-state index contributed by atoms with van der Waals surface area (Å²) in [7, 11) is 2.13. The fourth-order valence-electron chi connectivity index (χ4n) is 1.72. The molecule has 64 valence electrons. The maximum absolute atomic E-state index is 4.26. The lowest BCUT2D eigenvalue weighted by Crippen LogP contribution is -2.19. The molecule has 1 aliphatic heterocycles. The molecule has 0 aliphatic carbocycles. The standard InChI is InChI=1S/C9H13N3/c1-12-7-2-4-8(12)9-10-5-3-6-11-9/h3,5-6,8H,2,4,7H2,1H3/t8-/m0/s1. The van der Waals surface area contributed by atoms with Gasteiger partial charge in [0, 0.05) is 12.4 Å². The zero-order chi connectivity index (χ0) is 8.39. The van der Waals surface area contributed by atoms with Crippen molar-refractivity contribution in [2.75, 3.05) is 13.6 Å². The molecule has 2 heterocycles. The second-order valence-electron chi connectivity index (χ2n) is 3.25. The number of rotatable bonds is 1. The first-order valence-electron chi connectivity index (χ1n) is 4.35. The van der Waals surface area contributed by atoms with Crippen LogP contribution in [0, 0.1) is 0 Å². The normalized spacial score (nSPS) is 24.6. The van der Waals surface area contributed by atoms with Crippen LogP contribution in [0.2, 0.25) is 0 Å². The number of aromatic nitrogens is 2. The van der Waals surface area contributed by atoms with Crippen LogP contribution in [0.25, 0.3) is 0 Å². The summed E-state index contributed by atoms with van der Waals surface area (Å²) in [6.07, 6.45) is 6.09. The van der Waals surface area contributed by atoms with Crippen LogP contribution in [0.15, 0.2) is 18.5 Å². The summed E-state index contributed by atoms with van der Waals surface area (Å²) < 4.78 is 0. The Labute approximate surface area is 72.4 Å². The van der Waals surface area contributed by atoms with Crippen molar-refractivity contribution in [1.82, 2.24) is 14.9 Å². The third kappa shape index (κ3) is 1.32. The molecule has 3 heteroatoms. The predicted octanol–water partition coefficient (Wildman–Crippen LogP) is 1.24. The van der Waals surface area contributed by atoms with Gasteiger partial charge in [-0.2, -0.15) is 0 Å². The maximum atomic E-state index is 4.26. The second-order valence-corrected chi connectivity index (χ2v) is 3.25. The molecule has 1 aromatic rings. The summed E-state index contributed by atoms with van der Waals surface area (Å²) in [5, 5.41) is 0. The van der Waals surface area contributed by atoms with Gasteiger partial charge in [-0.15, -0.1) is 0 Å². The van der Waals surface area contributed by atoms with Gasteiger partial charge in [-0.05, 0) is 32.5 Å². The highest BCUT2D eigenvalue weighted by molar-refractivity contribution is 4.98. The molecule has 0 N–H and O–H groups in total. The zero-order valence-corrected chi connectivity index (χ0v) is 7.27. The van der Waals surface area contributed by atoms with Gasteiger partial charge < -0.3 is 0 Å². The number of hydrogen-bond donors (Lipinski definition) is 0. The van der Waals surface area contributed by atoms with Crippen molar-refractivity contribution in [1.29, 1.82) is 0 Å². The van der Waals surface area contributed by atoms with E-state index in [1.807, 2.05) is 18.5 Å². The number of hydrogen-bond acceptors (Lipinski definition) is 3. The average Bonchev–Trinajstić information content (AvgIpc) is 2.53. The van der Waals surface area contributed by atoms with E-state index >= 15 is 0 Å². The molecule has 0 spiro atoms. The molecule has 1 aliphatic rings. The van der Waals surface area contributed by atoms with Crippen LogP contribution in [0.5, 0.6) is 0 Å². The van der Waals surface area contributed by atoms with Crippen molar-refractivity contribution in [3.8, 4) is 0 Å². The van der Waals surface area contributed by atoms with E-state index in [4.69, 9.17) is 0 Å². The van der Waals surface area contributed by atoms with Crippen molar-refractivity contribution < 1.29 is 0 Å². The van der Waals surface area contributed by atoms with E-state index in [2.05, 4.69) is 21.9 Å². The van der Waals surface area contributed by atoms with E-state index in [-0.39, 0.29) is 0 Å². The predicted molar refractivity (Wildman–Crippen MR) is 46.6 cm³/mol. The van der Waals surface area contributed by atoms with Crippen LogP contribution in [0.3, 0.4) is 0 Å². The van der Waals surface area contributed by atoms with Crippen molar-refractivity contribution >= 4 is 0 Å². The topological polar surface area (TPSA) is 29.0 Å². The van der Waals surface area contributed by atoms with Gasteiger partial charge in [-0.1, -0.05) is 0 Å². The minimum absolute atomic E-state index is 0.450. The molecule has 12 heavy (non-hydrogen) atoms. The Morgan fingerprint density at radius 3 is 2.75 bits per heavy atom. The van der Waals surface area contributed by atoms with Gasteiger partial charge in [0.15, 0.2) is 0 Å². The molecule has 3 nitrogen and oxygen atoms in total. The highest BCUT2D eigenvalue weighted by atomic mass is 15.2. The average molecular weight is 163 g/mol. The summed E-state index contributed by atoms with van der Waals surface area (Å²) in [4.78, 5) is 10.8. The van der Waals surface area contributed by atoms with Gasteiger partial charge in [0.05, 0.1) is 6.04 Å². The van der Waals surface area contributed by atoms with Crippen LogP contribution in [-0.2, 0) is 0 Å². The van der Waals surface area contributed by atoms with Gasteiger partial charge in [-0.3, -0.25) is 4.90 Å². The van der Waals surface area contributed by atoms with E-state index < -0.39 is 0 Å². The van der Waals surface area contributed by atoms with Crippen molar-refractivity contribution in [2.24, 2.45) is 0 Å². The molecule has 0 amide bonds.